The van der Waals surface area contributed by atoms with Gasteiger partial charge in [-0.3, -0.25) is 9.69 Å². The van der Waals surface area contributed by atoms with Crippen molar-refractivity contribution in [2.24, 2.45) is 0 Å². The Morgan fingerprint density at radius 3 is 3.06 bits per heavy atom. The molecule has 0 aliphatic carbocycles. The summed E-state index contributed by atoms with van der Waals surface area (Å²) in [5.74, 6) is -0.160. The van der Waals surface area contributed by atoms with Crippen molar-refractivity contribution < 1.29 is 9.53 Å². The molecule has 0 unspecified atom stereocenters. The van der Waals surface area contributed by atoms with Crippen LogP contribution in [0.2, 0.25) is 0 Å². The lowest BCUT2D eigenvalue weighted by Crippen LogP contribution is -2.20. The molecular formula is C12H14BrNO2. The standard InChI is InChI=1S/C12H14BrNO2/c1-14-7-8-5-9(13)3-4-10(8)11(14)6-12(15)16-2/h3-5,11H,6-7H2,1-2H3/t11-/m0/s1. The molecular weight excluding hydrogens is 270 g/mol. The number of rotatable bonds is 2. The first-order chi connectivity index (χ1) is 7.61. The molecule has 16 heavy (non-hydrogen) atoms. The maximum absolute atomic E-state index is 11.3. The number of esters is 1. The van der Waals surface area contributed by atoms with E-state index in [9.17, 15) is 4.79 Å². The van der Waals surface area contributed by atoms with Crippen LogP contribution in [0.1, 0.15) is 23.6 Å². The van der Waals surface area contributed by atoms with Crippen LogP contribution in [0.4, 0.5) is 0 Å². The van der Waals surface area contributed by atoms with Gasteiger partial charge in [0.2, 0.25) is 0 Å². The van der Waals surface area contributed by atoms with Gasteiger partial charge >= 0.3 is 5.97 Å². The van der Waals surface area contributed by atoms with E-state index in [1.807, 2.05) is 13.1 Å². The lowest BCUT2D eigenvalue weighted by molar-refractivity contribution is -0.141. The Bertz CT molecular complexity index is 419. The summed E-state index contributed by atoms with van der Waals surface area (Å²) >= 11 is 3.46. The molecule has 0 amide bonds. The first-order valence-corrected chi connectivity index (χ1v) is 5.96. The molecule has 4 heteroatoms. The van der Waals surface area contributed by atoms with Gasteiger partial charge in [-0.2, -0.15) is 0 Å². The summed E-state index contributed by atoms with van der Waals surface area (Å²) in [7, 11) is 3.46. The molecule has 0 bridgehead atoms. The minimum Gasteiger partial charge on any atom is -0.469 e. The van der Waals surface area contributed by atoms with Gasteiger partial charge in [-0.15, -0.1) is 0 Å². The average Bonchev–Trinajstić information content (AvgIpc) is 2.54. The minimum atomic E-state index is -0.160. The molecule has 2 rings (SSSR count). The van der Waals surface area contributed by atoms with Crippen molar-refractivity contribution in [2.45, 2.75) is 19.0 Å². The Morgan fingerprint density at radius 2 is 2.38 bits per heavy atom. The fraction of sp³-hybridized carbons (Fsp3) is 0.417. The smallest absolute Gasteiger partial charge is 0.307 e. The van der Waals surface area contributed by atoms with Crippen LogP contribution in [0.25, 0.3) is 0 Å². The second kappa shape index (κ2) is 4.55. The first-order valence-electron chi connectivity index (χ1n) is 5.17. The Kier molecular flexibility index (Phi) is 3.30. The number of fused-ring (bicyclic) bond motifs is 1. The molecule has 86 valence electrons. The van der Waals surface area contributed by atoms with Crippen molar-refractivity contribution in [3.8, 4) is 0 Å². The number of hydrogen-bond acceptors (Lipinski definition) is 3. The highest BCUT2D eigenvalue weighted by Crippen LogP contribution is 2.36. The van der Waals surface area contributed by atoms with E-state index >= 15 is 0 Å². The molecule has 1 aliphatic rings. The number of methoxy groups -OCH3 is 1. The van der Waals surface area contributed by atoms with Gasteiger partial charge in [0.1, 0.15) is 0 Å². The van der Waals surface area contributed by atoms with Gasteiger partial charge in [-0.05, 0) is 30.3 Å². The second-order valence-corrected chi connectivity index (χ2v) is 4.97. The van der Waals surface area contributed by atoms with Crippen LogP contribution < -0.4 is 0 Å². The molecule has 0 saturated carbocycles. The van der Waals surface area contributed by atoms with Gasteiger partial charge in [-0.25, -0.2) is 0 Å². The normalized spacial score (nSPS) is 19.6. The number of halogens is 1. The Morgan fingerprint density at radius 1 is 1.62 bits per heavy atom. The molecule has 3 nitrogen and oxygen atoms in total. The van der Waals surface area contributed by atoms with E-state index in [1.165, 1.54) is 18.2 Å². The maximum Gasteiger partial charge on any atom is 0.307 e. The molecule has 1 atom stereocenters. The van der Waals surface area contributed by atoms with Crippen LogP contribution >= 0.6 is 15.9 Å². The van der Waals surface area contributed by atoms with E-state index < -0.39 is 0 Å². The van der Waals surface area contributed by atoms with Crippen molar-refractivity contribution in [3.63, 3.8) is 0 Å². The predicted octanol–water partition coefficient (Wildman–Crippen LogP) is 2.50. The molecule has 1 aromatic carbocycles. The van der Waals surface area contributed by atoms with Crippen LogP contribution in [-0.4, -0.2) is 25.0 Å². The predicted molar refractivity (Wildman–Crippen MR) is 65.0 cm³/mol. The molecule has 1 heterocycles. The summed E-state index contributed by atoms with van der Waals surface area (Å²) in [4.78, 5) is 13.5. The number of carbonyl (C=O) groups is 1. The van der Waals surface area contributed by atoms with Crippen molar-refractivity contribution >= 4 is 21.9 Å². The quantitative estimate of drug-likeness (QED) is 0.781. The Balaban J connectivity index is 2.26. The summed E-state index contributed by atoms with van der Waals surface area (Å²) in [6.07, 6.45) is 0.418. The monoisotopic (exact) mass is 283 g/mol. The third-order valence-electron chi connectivity index (χ3n) is 3.00. The lowest BCUT2D eigenvalue weighted by Gasteiger charge is -2.18. The van der Waals surface area contributed by atoms with Gasteiger partial charge in [0.15, 0.2) is 0 Å². The second-order valence-electron chi connectivity index (χ2n) is 4.05. The van der Waals surface area contributed by atoms with Crippen molar-refractivity contribution in [1.82, 2.24) is 4.90 Å². The van der Waals surface area contributed by atoms with E-state index in [2.05, 4.69) is 33.0 Å². The van der Waals surface area contributed by atoms with Crippen LogP contribution in [0, 0.1) is 0 Å². The van der Waals surface area contributed by atoms with Crippen LogP contribution in [0.3, 0.4) is 0 Å². The fourth-order valence-corrected chi connectivity index (χ4v) is 2.57. The summed E-state index contributed by atoms with van der Waals surface area (Å²) < 4.78 is 5.81. The zero-order chi connectivity index (χ0) is 11.7. The molecule has 0 spiro atoms. The molecule has 0 fully saturated rings. The number of carbonyl (C=O) groups excluding carboxylic acids is 1. The molecule has 0 radical (unpaired) electrons. The summed E-state index contributed by atoms with van der Waals surface area (Å²) in [6, 6.07) is 6.36. The molecule has 0 aromatic heterocycles. The van der Waals surface area contributed by atoms with E-state index in [0.717, 1.165) is 11.0 Å². The highest BCUT2D eigenvalue weighted by molar-refractivity contribution is 9.10. The summed E-state index contributed by atoms with van der Waals surface area (Å²) in [5, 5.41) is 0. The zero-order valence-corrected chi connectivity index (χ0v) is 11.0. The number of benzene rings is 1. The Labute approximate surface area is 104 Å². The Hall–Kier alpha value is -0.870. The van der Waals surface area contributed by atoms with Gasteiger partial charge in [0, 0.05) is 17.1 Å². The van der Waals surface area contributed by atoms with E-state index in [4.69, 9.17) is 4.74 Å². The topological polar surface area (TPSA) is 29.5 Å². The fourth-order valence-electron chi connectivity index (χ4n) is 2.16. The van der Waals surface area contributed by atoms with Gasteiger partial charge in [0.25, 0.3) is 0 Å². The lowest BCUT2D eigenvalue weighted by atomic mass is 10.0. The first kappa shape index (κ1) is 11.6. The highest BCUT2D eigenvalue weighted by Gasteiger charge is 2.29. The average molecular weight is 284 g/mol. The number of ether oxygens (including phenoxy) is 1. The molecule has 0 saturated heterocycles. The largest absolute Gasteiger partial charge is 0.469 e. The van der Waals surface area contributed by atoms with Crippen molar-refractivity contribution in [2.75, 3.05) is 14.2 Å². The third kappa shape index (κ3) is 2.13. The van der Waals surface area contributed by atoms with Crippen molar-refractivity contribution in [1.29, 1.82) is 0 Å². The van der Waals surface area contributed by atoms with Gasteiger partial charge in [0.05, 0.1) is 13.5 Å². The molecule has 1 aromatic rings. The zero-order valence-electron chi connectivity index (χ0n) is 9.37. The van der Waals surface area contributed by atoms with Gasteiger partial charge < -0.3 is 4.74 Å². The van der Waals surface area contributed by atoms with Crippen LogP contribution in [0.5, 0.6) is 0 Å². The molecule has 0 N–H and O–H groups in total. The van der Waals surface area contributed by atoms with Crippen molar-refractivity contribution in [3.05, 3.63) is 33.8 Å². The third-order valence-corrected chi connectivity index (χ3v) is 3.50. The van der Waals surface area contributed by atoms with Crippen LogP contribution in [-0.2, 0) is 16.1 Å². The highest BCUT2D eigenvalue weighted by atomic mass is 79.9. The van der Waals surface area contributed by atoms with Gasteiger partial charge in [-0.1, -0.05) is 22.0 Å². The minimum absolute atomic E-state index is 0.149. The van der Waals surface area contributed by atoms with Crippen LogP contribution in [0.15, 0.2) is 22.7 Å². The number of nitrogens with zero attached hydrogens (tertiary/aromatic N) is 1. The van der Waals surface area contributed by atoms with E-state index in [0.29, 0.717) is 6.42 Å². The molecule has 1 aliphatic heterocycles. The number of hydrogen-bond donors (Lipinski definition) is 0. The summed E-state index contributed by atoms with van der Waals surface area (Å²) in [6.45, 7) is 0.885. The van der Waals surface area contributed by atoms with E-state index in [1.54, 1.807) is 0 Å². The maximum atomic E-state index is 11.3. The SMILES string of the molecule is COC(=O)C[C@H]1c2ccc(Br)cc2CN1C. The summed E-state index contributed by atoms with van der Waals surface area (Å²) in [5.41, 5.74) is 2.52. The van der Waals surface area contributed by atoms with E-state index in [-0.39, 0.29) is 12.0 Å².